The lowest BCUT2D eigenvalue weighted by atomic mass is 10.2. The summed E-state index contributed by atoms with van der Waals surface area (Å²) in [5.41, 5.74) is 0.663. The summed E-state index contributed by atoms with van der Waals surface area (Å²) in [4.78, 5) is 5.97. The van der Waals surface area contributed by atoms with E-state index >= 15 is 0 Å². The molecule has 16 heavy (non-hydrogen) atoms. The molecule has 0 aliphatic heterocycles. The molecule has 1 aromatic heterocycles. The highest BCUT2D eigenvalue weighted by Crippen LogP contribution is 2.18. The molecule has 90 valence electrons. The quantitative estimate of drug-likeness (QED) is 0.804. The van der Waals surface area contributed by atoms with Gasteiger partial charge in [-0.25, -0.2) is 9.37 Å². The van der Waals surface area contributed by atoms with E-state index in [1.165, 1.54) is 0 Å². The van der Waals surface area contributed by atoms with Crippen molar-refractivity contribution in [1.82, 2.24) is 10.3 Å². The van der Waals surface area contributed by atoms with Crippen molar-refractivity contribution in [2.45, 2.75) is 26.3 Å². The summed E-state index contributed by atoms with van der Waals surface area (Å²) in [7, 11) is 3.69. The first-order chi connectivity index (χ1) is 7.70. The number of nitrogens with zero attached hydrogens (tertiary/aromatic N) is 2. The normalized spacial score (nSPS) is 10.5. The second-order valence-electron chi connectivity index (χ2n) is 3.91. The lowest BCUT2D eigenvalue weighted by Crippen LogP contribution is -2.22. The number of anilines is 1. The van der Waals surface area contributed by atoms with E-state index in [1.54, 1.807) is 19.3 Å². The number of unbranched alkanes of at least 4 members (excludes halogenated alkanes) is 1. The molecule has 4 heteroatoms. The first kappa shape index (κ1) is 12.9. The van der Waals surface area contributed by atoms with E-state index in [4.69, 9.17) is 0 Å². The first-order valence-corrected chi connectivity index (χ1v) is 5.69. The van der Waals surface area contributed by atoms with E-state index in [2.05, 4.69) is 17.2 Å². The van der Waals surface area contributed by atoms with Gasteiger partial charge in [0.2, 0.25) is 0 Å². The van der Waals surface area contributed by atoms with Crippen LogP contribution in [0.25, 0.3) is 0 Å². The number of nitrogens with one attached hydrogen (secondary N) is 1. The minimum absolute atomic E-state index is 0.213. The van der Waals surface area contributed by atoms with Crippen molar-refractivity contribution < 1.29 is 4.39 Å². The Labute approximate surface area is 96.7 Å². The average Bonchev–Trinajstić information content (AvgIpc) is 2.29. The SMILES string of the molecule is CCCCN(C)c1nccc(CNC)c1F. The van der Waals surface area contributed by atoms with Gasteiger partial charge in [-0.15, -0.1) is 0 Å². The molecule has 0 unspecified atom stereocenters. The van der Waals surface area contributed by atoms with Crippen LogP contribution < -0.4 is 10.2 Å². The lowest BCUT2D eigenvalue weighted by Gasteiger charge is -2.19. The fourth-order valence-electron chi connectivity index (χ4n) is 1.57. The van der Waals surface area contributed by atoms with E-state index in [1.807, 2.05) is 11.9 Å². The molecule has 0 saturated heterocycles. The highest BCUT2D eigenvalue weighted by molar-refractivity contribution is 5.42. The Morgan fingerprint density at radius 2 is 2.25 bits per heavy atom. The minimum atomic E-state index is -0.213. The van der Waals surface area contributed by atoms with E-state index in [9.17, 15) is 4.39 Å². The van der Waals surface area contributed by atoms with Crippen molar-refractivity contribution >= 4 is 5.82 Å². The van der Waals surface area contributed by atoms with Crippen LogP contribution >= 0.6 is 0 Å². The maximum Gasteiger partial charge on any atom is 0.170 e. The van der Waals surface area contributed by atoms with E-state index in [0.29, 0.717) is 17.9 Å². The third kappa shape index (κ3) is 3.17. The van der Waals surface area contributed by atoms with Gasteiger partial charge in [-0.3, -0.25) is 0 Å². The maximum absolute atomic E-state index is 14.0. The Kier molecular flexibility index (Phi) is 5.19. The Morgan fingerprint density at radius 1 is 1.50 bits per heavy atom. The summed E-state index contributed by atoms with van der Waals surface area (Å²) in [6.45, 7) is 3.49. The molecule has 0 aliphatic carbocycles. The number of aromatic nitrogens is 1. The van der Waals surface area contributed by atoms with Gasteiger partial charge in [-0.05, 0) is 19.5 Å². The van der Waals surface area contributed by atoms with Crippen LogP contribution in [0.15, 0.2) is 12.3 Å². The molecule has 0 bridgehead atoms. The summed E-state index contributed by atoms with van der Waals surface area (Å²) < 4.78 is 14.0. The van der Waals surface area contributed by atoms with Crippen LogP contribution in [0.2, 0.25) is 0 Å². The molecular formula is C12H20FN3. The number of hydrogen-bond donors (Lipinski definition) is 1. The molecule has 0 amide bonds. The predicted molar refractivity (Wildman–Crippen MR) is 65.1 cm³/mol. The van der Waals surface area contributed by atoms with Crippen molar-refractivity contribution in [2.75, 3.05) is 25.5 Å². The van der Waals surface area contributed by atoms with Gasteiger partial charge >= 0.3 is 0 Å². The number of pyridine rings is 1. The summed E-state index contributed by atoms with van der Waals surface area (Å²) in [6, 6.07) is 1.71. The van der Waals surface area contributed by atoms with E-state index in [0.717, 1.165) is 19.4 Å². The van der Waals surface area contributed by atoms with Gasteiger partial charge in [0, 0.05) is 31.9 Å². The molecule has 0 radical (unpaired) electrons. The topological polar surface area (TPSA) is 28.2 Å². The van der Waals surface area contributed by atoms with E-state index in [-0.39, 0.29) is 5.82 Å². The molecule has 1 N–H and O–H groups in total. The molecule has 3 nitrogen and oxygen atoms in total. The zero-order chi connectivity index (χ0) is 12.0. The highest BCUT2D eigenvalue weighted by Gasteiger charge is 2.12. The third-order valence-corrected chi connectivity index (χ3v) is 2.53. The van der Waals surface area contributed by atoms with Crippen molar-refractivity contribution in [3.63, 3.8) is 0 Å². The van der Waals surface area contributed by atoms with Crippen LogP contribution in [0.1, 0.15) is 25.3 Å². The summed E-state index contributed by atoms with van der Waals surface area (Å²) >= 11 is 0. The molecule has 0 atom stereocenters. The van der Waals surface area contributed by atoms with Crippen LogP contribution in [0.3, 0.4) is 0 Å². The monoisotopic (exact) mass is 225 g/mol. The predicted octanol–water partition coefficient (Wildman–Crippen LogP) is 2.18. The van der Waals surface area contributed by atoms with Crippen molar-refractivity contribution in [1.29, 1.82) is 0 Å². The van der Waals surface area contributed by atoms with Gasteiger partial charge in [0.05, 0.1) is 0 Å². The fraction of sp³-hybridized carbons (Fsp3) is 0.583. The molecule has 0 aromatic carbocycles. The molecular weight excluding hydrogens is 205 g/mol. The molecule has 1 rings (SSSR count). The summed E-state index contributed by atoms with van der Waals surface area (Å²) in [5, 5.41) is 2.95. The van der Waals surface area contributed by atoms with Gasteiger partial charge in [0.1, 0.15) is 0 Å². The summed E-state index contributed by atoms with van der Waals surface area (Å²) in [6.07, 6.45) is 3.81. The third-order valence-electron chi connectivity index (χ3n) is 2.53. The second kappa shape index (κ2) is 6.43. The van der Waals surface area contributed by atoms with E-state index < -0.39 is 0 Å². The van der Waals surface area contributed by atoms with Gasteiger partial charge < -0.3 is 10.2 Å². The van der Waals surface area contributed by atoms with Crippen LogP contribution in [0, 0.1) is 5.82 Å². The van der Waals surface area contributed by atoms with Crippen LogP contribution in [0.4, 0.5) is 10.2 Å². The lowest BCUT2D eigenvalue weighted by molar-refractivity contribution is 0.587. The maximum atomic E-state index is 14.0. The van der Waals surface area contributed by atoms with Gasteiger partial charge in [-0.1, -0.05) is 13.3 Å². The Bertz CT molecular complexity index is 328. The average molecular weight is 225 g/mol. The largest absolute Gasteiger partial charge is 0.357 e. The van der Waals surface area contributed by atoms with Crippen LogP contribution in [-0.4, -0.2) is 25.6 Å². The Hall–Kier alpha value is -1.16. The van der Waals surface area contributed by atoms with Gasteiger partial charge in [0.25, 0.3) is 0 Å². The van der Waals surface area contributed by atoms with Crippen molar-refractivity contribution in [3.8, 4) is 0 Å². The van der Waals surface area contributed by atoms with Crippen molar-refractivity contribution in [2.24, 2.45) is 0 Å². The van der Waals surface area contributed by atoms with Crippen LogP contribution in [0.5, 0.6) is 0 Å². The standard InChI is InChI=1S/C12H20FN3/c1-4-5-8-16(3)12-11(13)10(9-14-2)6-7-15-12/h6-7,14H,4-5,8-9H2,1-3H3. The molecule has 0 spiro atoms. The first-order valence-electron chi connectivity index (χ1n) is 5.69. The van der Waals surface area contributed by atoms with Crippen molar-refractivity contribution in [3.05, 3.63) is 23.6 Å². The smallest absolute Gasteiger partial charge is 0.170 e. The number of halogens is 1. The zero-order valence-corrected chi connectivity index (χ0v) is 10.3. The molecule has 0 saturated carbocycles. The summed E-state index contributed by atoms with van der Waals surface area (Å²) in [5.74, 6) is 0.233. The molecule has 0 fully saturated rings. The zero-order valence-electron chi connectivity index (χ0n) is 10.3. The highest BCUT2D eigenvalue weighted by atomic mass is 19.1. The number of hydrogen-bond acceptors (Lipinski definition) is 3. The van der Waals surface area contributed by atoms with Gasteiger partial charge in [-0.2, -0.15) is 0 Å². The minimum Gasteiger partial charge on any atom is -0.357 e. The Balaban J connectivity index is 2.82. The Morgan fingerprint density at radius 3 is 2.88 bits per heavy atom. The molecule has 1 heterocycles. The molecule has 1 aromatic rings. The second-order valence-corrected chi connectivity index (χ2v) is 3.91. The fourth-order valence-corrected chi connectivity index (χ4v) is 1.57. The van der Waals surface area contributed by atoms with Crippen LogP contribution in [-0.2, 0) is 6.54 Å². The van der Waals surface area contributed by atoms with Gasteiger partial charge in [0.15, 0.2) is 11.6 Å². The number of rotatable bonds is 6. The molecule has 0 aliphatic rings.